The molecular weight excluding hydrogens is 602 g/mol. The monoisotopic (exact) mass is 631 g/mol. The second-order valence-electron chi connectivity index (χ2n) is 8.40. The highest BCUT2D eigenvalue weighted by Crippen LogP contribution is 2.37. The number of benzene rings is 2. The van der Waals surface area contributed by atoms with Crippen molar-refractivity contribution in [2.75, 3.05) is 34.0 Å². The topological polar surface area (TPSA) is 173 Å². The van der Waals surface area contributed by atoms with E-state index in [1.54, 1.807) is 44.2 Å². The average molecular weight is 632 g/mol. The fourth-order valence-electron chi connectivity index (χ4n) is 3.88. The van der Waals surface area contributed by atoms with Crippen LogP contribution in [0.3, 0.4) is 0 Å². The summed E-state index contributed by atoms with van der Waals surface area (Å²) < 4.78 is 27.6. The lowest BCUT2D eigenvalue weighted by atomic mass is 9.95. The molecule has 1 aliphatic rings. The van der Waals surface area contributed by atoms with Crippen molar-refractivity contribution in [1.29, 1.82) is 5.26 Å². The highest BCUT2D eigenvalue weighted by molar-refractivity contribution is 9.10. The van der Waals surface area contributed by atoms with Crippen LogP contribution in [0.25, 0.3) is 0 Å². The highest BCUT2D eigenvalue weighted by atomic mass is 79.9. The molecule has 2 atom stereocenters. The number of nitrogens with one attached hydrogen (secondary N) is 3. The number of halogens is 1. The number of carbonyl (C=O) groups excluding carboxylic acids is 2. The van der Waals surface area contributed by atoms with Crippen molar-refractivity contribution in [1.82, 2.24) is 16.1 Å². The Hall–Kier alpha value is -4.48. The minimum Gasteiger partial charge on any atom is -0.493 e. The Bertz CT molecular complexity index is 1370. The molecule has 2 aromatic rings. The van der Waals surface area contributed by atoms with Crippen molar-refractivity contribution in [3.63, 3.8) is 0 Å². The maximum Gasteiger partial charge on any atom is 0.337 e. The molecule has 3 rings (SSSR count). The standard InChI is InChI=1S/C27H30BrN5O8/c1-5-39-20-12-17(24-23(26(35)38-4)15(2)31-27(36)32-24)6-7-19(20)41-14-22(34)33-30-13-16-10-18(28)25(40-9-8-29)21(11-16)37-3/h6-7,10-13,22,24,33-34H,5,9,14H2,1-4H3,(H2,31,32,36)/b30-13-/t22-,24+/m0/s1. The van der Waals surface area contributed by atoms with Gasteiger partial charge < -0.3 is 39.4 Å². The third kappa shape index (κ3) is 8.03. The Morgan fingerprint density at radius 1 is 1.22 bits per heavy atom. The van der Waals surface area contributed by atoms with Crippen molar-refractivity contribution < 1.29 is 38.4 Å². The van der Waals surface area contributed by atoms with E-state index in [0.29, 0.717) is 50.9 Å². The van der Waals surface area contributed by atoms with Crippen LogP contribution in [0.15, 0.2) is 51.2 Å². The predicted octanol–water partition coefficient (Wildman–Crippen LogP) is 2.88. The van der Waals surface area contributed by atoms with Gasteiger partial charge in [0.25, 0.3) is 0 Å². The zero-order chi connectivity index (χ0) is 29.9. The summed E-state index contributed by atoms with van der Waals surface area (Å²) in [6.45, 7) is 3.42. The van der Waals surface area contributed by atoms with Gasteiger partial charge in [0.05, 0.1) is 43.1 Å². The van der Waals surface area contributed by atoms with Crippen LogP contribution in [-0.2, 0) is 9.53 Å². The Kier molecular flexibility index (Phi) is 11.2. The van der Waals surface area contributed by atoms with Crippen molar-refractivity contribution in [3.8, 4) is 29.1 Å². The fraction of sp³-hybridized carbons (Fsp3) is 0.333. The quantitative estimate of drug-likeness (QED) is 0.111. The molecule has 0 saturated carbocycles. The largest absolute Gasteiger partial charge is 0.493 e. The van der Waals surface area contributed by atoms with E-state index in [1.165, 1.54) is 20.4 Å². The van der Waals surface area contributed by atoms with Gasteiger partial charge in [-0.25, -0.2) is 9.59 Å². The van der Waals surface area contributed by atoms with Crippen LogP contribution in [0.2, 0.25) is 0 Å². The number of esters is 1. The molecule has 0 radical (unpaired) electrons. The van der Waals surface area contributed by atoms with Crippen LogP contribution in [0, 0.1) is 11.3 Å². The van der Waals surface area contributed by atoms with Gasteiger partial charge in [-0.05, 0) is 65.2 Å². The number of nitriles is 1. The number of urea groups is 1. The summed E-state index contributed by atoms with van der Waals surface area (Å²) in [4.78, 5) is 24.5. The van der Waals surface area contributed by atoms with Gasteiger partial charge >= 0.3 is 12.0 Å². The molecule has 14 heteroatoms. The van der Waals surface area contributed by atoms with Crippen molar-refractivity contribution in [2.24, 2.45) is 5.10 Å². The summed E-state index contributed by atoms with van der Waals surface area (Å²) in [7, 11) is 2.74. The predicted molar refractivity (Wildman–Crippen MR) is 151 cm³/mol. The molecular formula is C27H30BrN5O8. The van der Waals surface area contributed by atoms with Crippen LogP contribution in [0.1, 0.15) is 31.0 Å². The number of aliphatic hydroxyl groups is 1. The molecule has 0 bridgehead atoms. The normalized spacial score (nSPS) is 15.3. The lowest BCUT2D eigenvalue weighted by Gasteiger charge is -2.28. The fourth-order valence-corrected chi connectivity index (χ4v) is 4.45. The van der Waals surface area contributed by atoms with Gasteiger partial charge in [0.2, 0.25) is 0 Å². The third-order valence-corrected chi connectivity index (χ3v) is 6.23. The van der Waals surface area contributed by atoms with Crippen molar-refractivity contribution >= 4 is 34.1 Å². The summed E-state index contributed by atoms with van der Waals surface area (Å²) >= 11 is 3.38. The summed E-state index contributed by atoms with van der Waals surface area (Å²) in [5.74, 6) is 0.898. The Balaban J connectivity index is 1.69. The first-order valence-electron chi connectivity index (χ1n) is 12.3. The van der Waals surface area contributed by atoms with E-state index >= 15 is 0 Å². The molecule has 0 aliphatic carbocycles. The first-order valence-corrected chi connectivity index (χ1v) is 13.1. The number of ether oxygens (including phenoxy) is 5. The number of rotatable bonds is 13. The van der Waals surface area contributed by atoms with E-state index in [1.807, 2.05) is 6.07 Å². The molecule has 41 heavy (non-hydrogen) atoms. The van der Waals surface area contributed by atoms with Gasteiger partial charge in [0, 0.05) is 5.70 Å². The summed E-state index contributed by atoms with van der Waals surface area (Å²) in [5, 5.41) is 28.5. The zero-order valence-corrected chi connectivity index (χ0v) is 24.4. The Labute approximate surface area is 245 Å². The Morgan fingerprint density at radius 2 is 2.00 bits per heavy atom. The lowest BCUT2D eigenvalue weighted by molar-refractivity contribution is -0.136. The van der Waals surface area contributed by atoms with Crippen molar-refractivity contribution in [2.45, 2.75) is 26.1 Å². The summed E-state index contributed by atoms with van der Waals surface area (Å²) in [5.41, 5.74) is 4.42. The van der Waals surface area contributed by atoms with Crippen LogP contribution < -0.4 is 35.0 Å². The highest BCUT2D eigenvalue weighted by Gasteiger charge is 2.32. The van der Waals surface area contributed by atoms with Crippen LogP contribution in [-0.4, -0.2) is 63.6 Å². The van der Waals surface area contributed by atoms with Crippen LogP contribution >= 0.6 is 15.9 Å². The van der Waals surface area contributed by atoms with Crippen LogP contribution in [0.5, 0.6) is 23.0 Å². The minimum atomic E-state index is -1.18. The second-order valence-corrected chi connectivity index (χ2v) is 9.25. The van der Waals surface area contributed by atoms with E-state index in [9.17, 15) is 14.7 Å². The van der Waals surface area contributed by atoms with E-state index in [2.05, 4.69) is 37.1 Å². The molecule has 0 unspecified atom stereocenters. The number of nitrogens with zero attached hydrogens (tertiary/aromatic N) is 2. The molecule has 0 aromatic heterocycles. The zero-order valence-electron chi connectivity index (χ0n) is 22.8. The minimum absolute atomic E-state index is 0.135. The van der Waals surface area contributed by atoms with E-state index in [0.717, 1.165) is 0 Å². The molecule has 0 fully saturated rings. The van der Waals surface area contributed by atoms with E-state index < -0.39 is 24.3 Å². The molecule has 2 aromatic carbocycles. The molecule has 2 amide bonds. The van der Waals surface area contributed by atoms with Gasteiger partial charge in [-0.1, -0.05) is 6.07 Å². The number of methoxy groups -OCH3 is 2. The van der Waals surface area contributed by atoms with Gasteiger partial charge in [0.15, 0.2) is 35.8 Å². The van der Waals surface area contributed by atoms with E-state index in [4.69, 9.17) is 28.9 Å². The number of aliphatic hydroxyl groups excluding tert-OH is 1. The molecule has 218 valence electrons. The summed E-state index contributed by atoms with van der Waals surface area (Å²) in [6, 6.07) is 9.00. The number of amides is 2. The van der Waals surface area contributed by atoms with Crippen LogP contribution in [0.4, 0.5) is 4.79 Å². The number of hydrazone groups is 1. The molecule has 4 N–H and O–H groups in total. The van der Waals surface area contributed by atoms with Gasteiger partial charge in [0.1, 0.15) is 12.7 Å². The maximum absolute atomic E-state index is 12.4. The van der Waals surface area contributed by atoms with Gasteiger partial charge in [-0.3, -0.25) is 5.43 Å². The smallest absolute Gasteiger partial charge is 0.337 e. The Morgan fingerprint density at radius 3 is 2.68 bits per heavy atom. The first kappa shape index (κ1) is 31.1. The second kappa shape index (κ2) is 14.8. The molecule has 1 aliphatic heterocycles. The number of hydrogen-bond donors (Lipinski definition) is 4. The number of hydrogen-bond acceptors (Lipinski definition) is 11. The first-order chi connectivity index (χ1) is 19.7. The summed E-state index contributed by atoms with van der Waals surface area (Å²) in [6.07, 6.45) is 0.288. The maximum atomic E-state index is 12.4. The molecule has 1 heterocycles. The van der Waals surface area contributed by atoms with Gasteiger partial charge in [-0.2, -0.15) is 10.4 Å². The SMILES string of the molecule is CCOc1cc([C@H]2NC(=O)NC(C)=C2C(=O)OC)ccc1OC[C@H](O)N/N=C\c1cc(Br)c(OCC#N)c(OC)c1. The molecule has 0 saturated heterocycles. The third-order valence-electron chi connectivity index (χ3n) is 5.64. The van der Waals surface area contributed by atoms with Crippen molar-refractivity contribution in [3.05, 3.63) is 57.2 Å². The van der Waals surface area contributed by atoms with E-state index in [-0.39, 0.29) is 18.8 Å². The number of allylic oxidation sites excluding steroid dienone is 1. The molecule has 0 spiro atoms. The van der Waals surface area contributed by atoms with Gasteiger partial charge in [-0.15, -0.1) is 0 Å². The number of carbonyl (C=O) groups is 2. The average Bonchev–Trinajstić information content (AvgIpc) is 2.95. The molecule has 13 nitrogen and oxygen atoms in total. The lowest BCUT2D eigenvalue weighted by Crippen LogP contribution is -2.45.